The van der Waals surface area contributed by atoms with Crippen LogP contribution >= 0.6 is 0 Å². The first-order valence-corrected chi connectivity index (χ1v) is 7.15. The van der Waals surface area contributed by atoms with Gasteiger partial charge in [0.1, 0.15) is 5.75 Å². The molecule has 4 rings (SSSR count). The van der Waals surface area contributed by atoms with Crippen LogP contribution < -0.4 is 11.0 Å². The van der Waals surface area contributed by atoms with E-state index in [1.807, 2.05) is 30.3 Å². The first-order valence-electron chi connectivity index (χ1n) is 7.15. The topological polar surface area (TPSA) is 119 Å². The van der Waals surface area contributed by atoms with Gasteiger partial charge >= 0.3 is 0 Å². The van der Waals surface area contributed by atoms with E-state index >= 15 is 0 Å². The summed E-state index contributed by atoms with van der Waals surface area (Å²) in [5.41, 5.74) is 3.54. The van der Waals surface area contributed by atoms with Crippen LogP contribution in [0, 0.1) is 0 Å². The smallest absolute Gasteiger partial charge is 0.276 e. The number of H-pyrrole nitrogens is 2. The molecule has 8 heteroatoms. The maximum absolute atomic E-state index is 11.6. The van der Waals surface area contributed by atoms with Crippen molar-refractivity contribution in [2.75, 3.05) is 5.43 Å². The fraction of sp³-hybridized carbons (Fsp3) is 0. The van der Waals surface area contributed by atoms with E-state index in [2.05, 4.69) is 30.5 Å². The quantitative estimate of drug-likeness (QED) is 0.340. The van der Waals surface area contributed by atoms with Crippen LogP contribution in [0.3, 0.4) is 0 Å². The van der Waals surface area contributed by atoms with Crippen LogP contribution in [0.5, 0.6) is 5.75 Å². The summed E-state index contributed by atoms with van der Waals surface area (Å²) in [6.45, 7) is 0. The van der Waals surface area contributed by atoms with Gasteiger partial charge in [0.05, 0.1) is 12.5 Å². The van der Waals surface area contributed by atoms with Crippen molar-refractivity contribution in [2.45, 2.75) is 0 Å². The number of anilines is 1. The van der Waals surface area contributed by atoms with Gasteiger partial charge in [-0.2, -0.15) is 10.1 Å². The van der Waals surface area contributed by atoms with Crippen molar-refractivity contribution in [3.63, 3.8) is 0 Å². The van der Waals surface area contributed by atoms with E-state index in [4.69, 9.17) is 0 Å². The highest BCUT2D eigenvalue weighted by Crippen LogP contribution is 2.25. The predicted molar refractivity (Wildman–Crippen MR) is 91.3 cm³/mol. The molecule has 0 aliphatic rings. The third-order valence-corrected chi connectivity index (χ3v) is 3.61. The lowest BCUT2D eigenvalue weighted by Crippen LogP contribution is -2.05. The molecule has 118 valence electrons. The summed E-state index contributed by atoms with van der Waals surface area (Å²) in [5, 5.41) is 16.0. The molecule has 0 spiro atoms. The molecular formula is C16H12N6O2. The van der Waals surface area contributed by atoms with Crippen LogP contribution in [-0.4, -0.2) is 31.3 Å². The number of hydrogen-bond acceptors (Lipinski definition) is 6. The molecule has 8 nitrogen and oxygen atoms in total. The highest BCUT2D eigenvalue weighted by atomic mass is 16.3. The standard InChI is InChI=1S/C16H12N6O2/c23-12-6-5-9-3-1-2-4-10(9)11(12)7-19-22-16-20-13-14(21-16)17-8-18-15(13)24/h1-8,23H,(H3,17,18,20,21,22,24). The van der Waals surface area contributed by atoms with Gasteiger partial charge in [-0.05, 0) is 16.8 Å². The Bertz CT molecular complexity index is 1130. The Labute approximate surface area is 134 Å². The van der Waals surface area contributed by atoms with E-state index in [1.54, 1.807) is 6.07 Å². The highest BCUT2D eigenvalue weighted by Gasteiger charge is 2.07. The number of nitrogens with one attached hydrogen (secondary N) is 3. The number of phenols is 1. The molecule has 0 unspecified atom stereocenters. The Morgan fingerprint density at radius 1 is 1.21 bits per heavy atom. The molecule has 0 amide bonds. The van der Waals surface area contributed by atoms with Crippen molar-refractivity contribution in [3.05, 3.63) is 58.6 Å². The molecule has 0 saturated heterocycles. The minimum Gasteiger partial charge on any atom is -0.507 e. The normalized spacial score (nSPS) is 11.5. The number of hydrogen-bond donors (Lipinski definition) is 4. The third kappa shape index (κ3) is 2.35. The van der Waals surface area contributed by atoms with Crippen LogP contribution in [0.2, 0.25) is 0 Å². The number of nitrogens with zero attached hydrogens (tertiary/aromatic N) is 3. The van der Waals surface area contributed by atoms with E-state index in [0.717, 1.165) is 10.8 Å². The Balaban J connectivity index is 1.67. The summed E-state index contributed by atoms with van der Waals surface area (Å²) < 4.78 is 0. The lowest BCUT2D eigenvalue weighted by molar-refractivity contribution is 0.475. The molecule has 0 aliphatic carbocycles. The molecule has 0 saturated carbocycles. The Morgan fingerprint density at radius 2 is 2.08 bits per heavy atom. The van der Waals surface area contributed by atoms with Gasteiger partial charge in [-0.1, -0.05) is 30.3 Å². The molecule has 0 atom stereocenters. The maximum atomic E-state index is 11.6. The van der Waals surface area contributed by atoms with Gasteiger partial charge in [0.25, 0.3) is 5.56 Å². The molecule has 2 heterocycles. The van der Waals surface area contributed by atoms with Gasteiger partial charge in [0, 0.05) is 5.56 Å². The number of phenolic OH excluding ortho intramolecular Hbond substituents is 1. The molecule has 0 radical (unpaired) electrons. The molecule has 4 N–H and O–H groups in total. The Morgan fingerprint density at radius 3 is 2.96 bits per heavy atom. The summed E-state index contributed by atoms with van der Waals surface area (Å²) in [6, 6.07) is 11.1. The van der Waals surface area contributed by atoms with Gasteiger partial charge in [0.2, 0.25) is 5.95 Å². The van der Waals surface area contributed by atoms with Crippen LogP contribution in [-0.2, 0) is 0 Å². The summed E-state index contributed by atoms with van der Waals surface area (Å²) >= 11 is 0. The third-order valence-electron chi connectivity index (χ3n) is 3.61. The summed E-state index contributed by atoms with van der Waals surface area (Å²) in [6.07, 6.45) is 2.79. The van der Waals surface area contributed by atoms with Crippen molar-refractivity contribution in [2.24, 2.45) is 5.10 Å². The van der Waals surface area contributed by atoms with Crippen LogP contribution in [0.15, 0.2) is 52.6 Å². The molecule has 24 heavy (non-hydrogen) atoms. The zero-order valence-electron chi connectivity index (χ0n) is 12.3. The van der Waals surface area contributed by atoms with Crippen LogP contribution in [0.1, 0.15) is 5.56 Å². The largest absolute Gasteiger partial charge is 0.507 e. The number of benzene rings is 2. The van der Waals surface area contributed by atoms with Crippen LogP contribution in [0.25, 0.3) is 21.9 Å². The second-order valence-electron chi connectivity index (χ2n) is 5.11. The minimum absolute atomic E-state index is 0.127. The van der Waals surface area contributed by atoms with E-state index < -0.39 is 0 Å². The SMILES string of the molecule is O=c1[nH]cnc2nc(NN=Cc3c(O)ccc4ccccc34)[nH]c12. The van der Waals surface area contributed by atoms with Gasteiger partial charge in [-0.25, -0.2) is 10.4 Å². The number of aromatic hydroxyl groups is 1. The predicted octanol–water partition coefficient (Wildman–Crippen LogP) is 1.95. The Hall–Kier alpha value is -3.68. The minimum atomic E-state index is -0.309. The number of rotatable bonds is 3. The summed E-state index contributed by atoms with van der Waals surface area (Å²) in [4.78, 5) is 24.9. The van der Waals surface area contributed by atoms with E-state index in [1.165, 1.54) is 12.5 Å². The molecule has 2 aromatic carbocycles. The lowest BCUT2D eigenvalue weighted by atomic mass is 10.0. The van der Waals surface area contributed by atoms with Gasteiger partial charge < -0.3 is 15.1 Å². The average Bonchev–Trinajstić information content (AvgIpc) is 3.01. The van der Waals surface area contributed by atoms with Gasteiger partial charge in [0.15, 0.2) is 11.2 Å². The van der Waals surface area contributed by atoms with Gasteiger partial charge in [-0.3, -0.25) is 4.79 Å². The summed E-state index contributed by atoms with van der Waals surface area (Å²) in [5.74, 6) is 0.409. The van der Waals surface area contributed by atoms with Crippen LogP contribution in [0.4, 0.5) is 5.95 Å². The lowest BCUT2D eigenvalue weighted by Gasteiger charge is -2.04. The number of aromatic amines is 2. The number of fused-ring (bicyclic) bond motifs is 2. The number of imidazole rings is 1. The number of hydrazone groups is 1. The molecule has 4 aromatic rings. The molecule has 0 aliphatic heterocycles. The van der Waals surface area contributed by atoms with Crippen molar-refractivity contribution < 1.29 is 5.11 Å². The fourth-order valence-electron chi connectivity index (χ4n) is 2.47. The molecule has 2 aromatic heterocycles. The van der Waals surface area contributed by atoms with Crippen molar-refractivity contribution in [1.82, 2.24) is 19.9 Å². The molecule has 0 bridgehead atoms. The van der Waals surface area contributed by atoms with E-state index in [0.29, 0.717) is 11.2 Å². The summed E-state index contributed by atoms with van der Waals surface area (Å²) in [7, 11) is 0. The maximum Gasteiger partial charge on any atom is 0.276 e. The monoisotopic (exact) mass is 320 g/mol. The average molecular weight is 320 g/mol. The van der Waals surface area contributed by atoms with Gasteiger partial charge in [-0.15, -0.1) is 0 Å². The van der Waals surface area contributed by atoms with E-state index in [9.17, 15) is 9.90 Å². The zero-order chi connectivity index (χ0) is 16.5. The Kier molecular flexibility index (Phi) is 3.20. The fourth-order valence-corrected chi connectivity index (χ4v) is 2.47. The van der Waals surface area contributed by atoms with Crippen molar-refractivity contribution in [3.8, 4) is 5.75 Å². The molecule has 0 fully saturated rings. The van der Waals surface area contributed by atoms with Crippen molar-refractivity contribution >= 4 is 34.1 Å². The second kappa shape index (κ2) is 5.51. The first-order chi connectivity index (χ1) is 11.7. The number of aromatic nitrogens is 4. The first kappa shape index (κ1) is 13.9. The molecular weight excluding hydrogens is 308 g/mol. The highest BCUT2D eigenvalue weighted by molar-refractivity contribution is 6.02. The zero-order valence-corrected chi connectivity index (χ0v) is 12.3. The second-order valence-corrected chi connectivity index (χ2v) is 5.11. The van der Waals surface area contributed by atoms with Crippen molar-refractivity contribution in [1.29, 1.82) is 0 Å². The van der Waals surface area contributed by atoms with E-state index in [-0.39, 0.29) is 22.8 Å².